The molecule has 5 rings (SSSR count). The molecule has 47 heavy (non-hydrogen) atoms. The molecule has 0 saturated heterocycles. The van der Waals surface area contributed by atoms with Gasteiger partial charge in [0, 0.05) is 42.2 Å². The topological polar surface area (TPSA) is 73.8 Å². The number of benzene rings is 5. The van der Waals surface area contributed by atoms with Crippen molar-refractivity contribution in [2.45, 2.75) is 19.8 Å². The Labute approximate surface area is 276 Å². The summed E-state index contributed by atoms with van der Waals surface area (Å²) in [6.07, 6.45) is 1.09. The van der Waals surface area contributed by atoms with Gasteiger partial charge in [0.05, 0.1) is 42.7 Å². The molecule has 0 N–H and O–H groups in total. The molecule has 0 saturated carbocycles. The summed E-state index contributed by atoms with van der Waals surface area (Å²) in [6, 6.07) is 29.6. The van der Waals surface area contributed by atoms with Crippen molar-refractivity contribution in [1.29, 1.82) is 0 Å². The highest BCUT2D eigenvalue weighted by molar-refractivity contribution is 5.65. The molecule has 0 heterocycles. The monoisotopic (exact) mass is 636 g/mol. The van der Waals surface area contributed by atoms with Crippen LogP contribution in [0, 0.1) is 6.92 Å². The molecule has 0 amide bonds. The summed E-state index contributed by atoms with van der Waals surface area (Å²) in [7, 11) is 9.57. The predicted octanol–water partition coefficient (Wildman–Crippen LogP) is 8.81. The Kier molecular flexibility index (Phi) is 10.6. The van der Waals surface area contributed by atoms with Crippen molar-refractivity contribution in [1.82, 2.24) is 0 Å². The molecule has 0 aliphatic heterocycles. The van der Waals surface area contributed by atoms with Crippen molar-refractivity contribution < 1.29 is 37.9 Å². The lowest BCUT2D eigenvalue weighted by atomic mass is 10.0. The summed E-state index contributed by atoms with van der Waals surface area (Å²) in [6.45, 7) is 1.98. The zero-order valence-corrected chi connectivity index (χ0v) is 27.8. The lowest BCUT2D eigenvalue weighted by Crippen LogP contribution is -2.04. The zero-order valence-electron chi connectivity index (χ0n) is 27.8. The van der Waals surface area contributed by atoms with Crippen molar-refractivity contribution >= 4 is 0 Å². The van der Waals surface area contributed by atoms with Crippen LogP contribution in [0.25, 0.3) is 0 Å². The molecule has 0 bridgehead atoms. The van der Waals surface area contributed by atoms with Crippen LogP contribution in [0.15, 0.2) is 91.0 Å². The van der Waals surface area contributed by atoms with E-state index in [4.69, 9.17) is 37.9 Å². The zero-order chi connectivity index (χ0) is 33.3. The summed E-state index contributed by atoms with van der Waals surface area (Å²) in [5, 5.41) is 0. The maximum Gasteiger partial charge on any atom is 0.203 e. The van der Waals surface area contributed by atoms with E-state index in [2.05, 4.69) is 24.3 Å². The molecule has 0 unspecified atom stereocenters. The van der Waals surface area contributed by atoms with Gasteiger partial charge < -0.3 is 37.9 Å². The Hall–Kier alpha value is -5.50. The molecular formula is C39H40O8. The van der Waals surface area contributed by atoms with E-state index in [1.165, 1.54) is 0 Å². The third-order valence-corrected chi connectivity index (χ3v) is 7.84. The second kappa shape index (κ2) is 15.2. The van der Waals surface area contributed by atoms with Gasteiger partial charge in [0.25, 0.3) is 0 Å². The normalized spacial score (nSPS) is 10.6. The van der Waals surface area contributed by atoms with E-state index in [0.29, 0.717) is 70.3 Å². The molecule has 0 atom stereocenters. The van der Waals surface area contributed by atoms with Crippen LogP contribution in [0.2, 0.25) is 0 Å². The second-order valence-electron chi connectivity index (χ2n) is 10.7. The number of ether oxygens (including phenoxy) is 8. The first-order chi connectivity index (χ1) is 22.9. The van der Waals surface area contributed by atoms with Gasteiger partial charge in [-0.3, -0.25) is 0 Å². The number of aryl methyl sites for hydroxylation is 1. The molecule has 5 aromatic rings. The molecule has 0 spiro atoms. The minimum atomic E-state index is 0.489. The quantitative estimate of drug-likeness (QED) is 0.120. The van der Waals surface area contributed by atoms with E-state index in [-0.39, 0.29) is 0 Å². The fourth-order valence-corrected chi connectivity index (χ4v) is 5.50. The molecule has 0 aliphatic rings. The van der Waals surface area contributed by atoms with E-state index in [1.807, 2.05) is 73.7 Å². The maximum absolute atomic E-state index is 6.66. The van der Waals surface area contributed by atoms with Gasteiger partial charge in [-0.25, -0.2) is 0 Å². The average molecular weight is 637 g/mol. The van der Waals surface area contributed by atoms with Gasteiger partial charge in [0.15, 0.2) is 23.0 Å². The van der Waals surface area contributed by atoms with Crippen LogP contribution in [-0.4, -0.2) is 42.7 Å². The van der Waals surface area contributed by atoms with Crippen molar-refractivity contribution in [2.24, 2.45) is 0 Å². The summed E-state index contributed by atoms with van der Waals surface area (Å²) >= 11 is 0. The smallest absolute Gasteiger partial charge is 0.203 e. The maximum atomic E-state index is 6.66. The van der Waals surface area contributed by atoms with Gasteiger partial charge in [0.2, 0.25) is 11.5 Å². The number of hydrogen-bond donors (Lipinski definition) is 0. The van der Waals surface area contributed by atoms with Gasteiger partial charge in [-0.2, -0.15) is 0 Å². The van der Waals surface area contributed by atoms with Crippen LogP contribution < -0.4 is 37.9 Å². The minimum Gasteiger partial charge on any atom is -0.493 e. The molecular weight excluding hydrogens is 596 g/mol. The van der Waals surface area contributed by atoms with Crippen LogP contribution in [0.4, 0.5) is 0 Å². The average Bonchev–Trinajstić information content (AvgIpc) is 3.11. The molecule has 8 nitrogen and oxygen atoms in total. The molecule has 0 aliphatic carbocycles. The summed E-state index contributed by atoms with van der Waals surface area (Å²) < 4.78 is 47.7. The van der Waals surface area contributed by atoms with E-state index in [9.17, 15) is 0 Å². The molecule has 5 aromatic carbocycles. The SMILES string of the molecule is COc1cc(Oc2ccc(C)c(Oc3cc(OC)c(OC)c(OC)c3Cc3ccccc3)c2)c(Cc2ccccc2)c(OC)c1OC. The minimum absolute atomic E-state index is 0.489. The van der Waals surface area contributed by atoms with Crippen LogP contribution >= 0.6 is 0 Å². The highest BCUT2D eigenvalue weighted by atomic mass is 16.5. The first-order valence-electron chi connectivity index (χ1n) is 15.1. The third kappa shape index (κ3) is 7.17. The Bertz CT molecular complexity index is 1800. The molecule has 0 fully saturated rings. The number of hydrogen-bond acceptors (Lipinski definition) is 8. The van der Waals surface area contributed by atoms with Crippen molar-refractivity contribution in [2.75, 3.05) is 42.7 Å². The van der Waals surface area contributed by atoms with Crippen LogP contribution in [0.3, 0.4) is 0 Å². The molecule has 244 valence electrons. The molecule has 8 heteroatoms. The van der Waals surface area contributed by atoms with Crippen molar-refractivity contribution in [3.63, 3.8) is 0 Å². The van der Waals surface area contributed by atoms with Crippen molar-refractivity contribution in [3.05, 3.63) is 119 Å². The van der Waals surface area contributed by atoms with E-state index >= 15 is 0 Å². The van der Waals surface area contributed by atoms with Gasteiger partial charge in [-0.1, -0.05) is 66.7 Å². The summed E-state index contributed by atoms with van der Waals surface area (Å²) in [4.78, 5) is 0. The molecule has 0 radical (unpaired) electrons. The molecule has 0 aromatic heterocycles. The second-order valence-corrected chi connectivity index (χ2v) is 10.7. The standard InChI is InChI=1S/C39H40O8/c1-25-18-19-28(46-32-23-34(40-2)38(44-6)36(42-4)29(32)20-26-14-10-8-11-15-26)22-31(25)47-33-24-35(41-3)39(45-7)37(43-5)30(33)21-27-16-12-9-13-17-27/h8-19,22-24H,20-21H2,1-7H3. The highest BCUT2D eigenvalue weighted by Crippen LogP contribution is 2.49. The lowest BCUT2D eigenvalue weighted by molar-refractivity contribution is 0.318. The highest BCUT2D eigenvalue weighted by Gasteiger charge is 2.25. The van der Waals surface area contributed by atoms with E-state index < -0.39 is 0 Å². The van der Waals surface area contributed by atoms with Crippen LogP contribution in [0.1, 0.15) is 27.8 Å². The van der Waals surface area contributed by atoms with Gasteiger partial charge in [-0.15, -0.1) is 0 Å². The Morgan fingerprint density at radius 2 is 0.851 bits per heavy atom. The Morgan fingerprint density at radius 3 is 1.28 bits per heavy atom. The van der Waals surface area contributed by atoms with Gasteiger partial charge in [0.1, 0.15) is 23.0 Å². The third-order valence-electron chi connectivity index (χ3n) is 7.84. The van der Waals surface area contributed by atoms with Crippen LogP contribution in [-0.2, 0) is 12.8 Å². The van der Waals surface area contributed by atoms with Crippen molar-refractivity contribution in [3.8, 4) is 57.5 Å². The number of methoxy groups -OCH3 is 6. The predicted molar refractivity (Wildman–Crippen MR) is 182 cm³/mol. The first-order valence-corrected chi connectivity index (χ1v) is 15.1. The van der Waals surface area contributed by atoms with Crippen LogP contribution in [0.5, 0.6) is 57.5 Å². The van der Waals surface area contributed by atoms with E-state index in [0.717, 1.165) is 27.8 Å². The fraction of sp³-hybridized carbons (Fsp3) is 0.231. The van der Waals surface area contributed by atoms with E-state index in [1.54, 1.807) is 42.7 Å². The summed E-state index contributed by atoms with van der Waals surface area (Å²) in [5.74, 6) is 5.35. The lowest BCUT2D eigenvalue weighted by Gasteiger charge is -2.21. The Morgan fingerprint density at radius 1 is 0.404 bits per heavy atom. The Balaban J connectivity index is 1.58. The number of rotatable bonds is 14. The summed E-state index contributed by atoms with van der Waals surface area (Å²) in [5.41, 5.74) is 4.71. The fourth-order valence-electron chi connectivity index (χ4n) is 5.50. The first kappa shape index (κ1) is 32.9. The van der Waals surface area contributed by atoms with Gasteiger partial charge in [-0.05, 0) is 29.7 Å². The largest absolute Gasteiger partial charge is 0.493 e. The van der Waals surface area contributed by atoms with Gasteiger partial charge >= 0.3 is 0 Å².